The molecular formula is C8H17Cl2N3O. The van der Waals surface area contributed by atoms with E-state index in [2.05, 4.69) is 21.6 Å². The fraction of sp³-hybridized carbons (Fsp3) is 0.625. The van der Waals surface area contributed by atoms with E-state index in [9.17, 15) is 0 Å². The lowest BCUT2D eigenvalue weighted by Gasteiger charge is -2.20. The third kappa shape index (κ3) is 3.84. The Hall–Kier alpha value is -0.290. The van der Waals surface area contributed by atoms with E-state index in [1.807, 2.05) is 6.20 Å². The molecule has 0 unspecified atom stereocenters. The monoisotopic (exact) mass is 241 g/mol. The summed E-state index contributed by atoms with van der Waals surface area (Å²) >= 11 is 0. The van der Waals surface area contributed by atoms with Crippen molar-refractivity contribution < 1.29 is 5.48 Å². The Kier molecular flexibility index (Phi) is 9.29. The van der Waals surface area contributed by atoms with E-state index >= 15 is 0 Å². The third-order valence-electron chi connectivity index (χ3n) is 2.30. The maximum atomic E-state index is 3.95. The molecule has 2 heterocycles. The van der Waals surface area contributed by atoms with Crippen LogP contribution in [0.4, 0.5) is 0 Å². The van der Waals surface area contributed by atoms with E-state index < -0.39 is 0 Å². The summed E-state index contributed by atoms with van der Waals surface area (Å²) < 4.78 is 0. The van der Waals surface area contributed by atoms with Gasteiger partial charge in [-0.3, -0.25) is 5.10 Å². The number of aromatic nitrogens is 2. The smallest absolute Gasteiger partial charge is 0.0490 e. The van der Waals surface area contributed by atoms with Crippen molar-refractivity contribution in [3.63, 3.8) is 0 Å². The highest BCUT2D eigenvalue weighted by atomic mass is 35.5. The van der Waals surface area contributed by atoms with Crippen LogP contribution in [0.3, 0.4) is 0 Å². The first-order valence-corrected chi connectivity index (χ1v) is 4.17. The third-order valence-corrected chi connectivity index (χ3v) is 2.30. The molecule has 6 heteroatoms. The van der Waals surface area contributed by atoms with Crippen molar-refractivity contribution in [2.24, 2.45) is 0 Å². The van der Waals surface area contributed by atoms with E-state index in [0.717, 1.165) is 13.1 Å². The van der Waals surface area contributed by atoms with Gasteiger partial charge in [-0.1, -0.05) is 0 Å². The first-order valence-electron chi connectivity index (χ1n) is 4.17. The number of H-pyrrole nitrogens is 1. The molecule has 2 rings (SSSR count). The Morgan fingerprint density at radius 2 is 1.86 bits per heavy atom. The van der Waals surface area contributed by atoms with Crippen LogP contribution < -0.4 is 5.32 Å². The van der Waals surface area contributed by atoms with Gasteiger partial charge in [-0.05, 0) is 32.0 Å². The molecule has 1 aromatic rings. The number of hydrogen-bond donors (Lipinski definition) is 2. The summed E-state index contributed by atoms with van der Waals surface area (Å²) in [6.07, 6.45) is 4.31. The lowest BCUT2D eigenvalue weighted by molar-refractivity contribution is 0.453. The van der Waals surface area contributed by atoms with Gasteiger partial charge in [0.25, 0.3) is 0 Å². The molecule has 84 valence electrons. The SMILES string of the molecule is Cl.Cl.O.c1cc(C2CCNCC2)[nH]n1. The summed E-state index contributed by atoms with van der Waals surface area (Å²) in [5.74, 6) is 0.707. The molecule has 0 saturated carbocycles. The van der Waals surface area contributed by atoms with Gasteiger partial charge in [0.1, 0.15) is 0 Å². The highest BCUT2D eigenvalue weighted by Gasteiger charge is 2.15. The Morgan fingerprint density at radius 3 is 2.36 bits per heavy atom. The summed E-state index contributed by atoms with van der Waals surface area (Å²) in [4.78, 5) is 0. The number of piperidine rings is 1. The van der Waals surface area contributed by atoms with Crippen molar-refractivity contribution >= 4 is 24.8 Å². The van der Waals surface area contributed by atoms with Gasteiger partial charge in [0.15, 0.2) is 0 Å². The quantitative estimate of drug-likeness (QED) is 0.767. The van der Waals surface area contributed by atoms with Gasteiger partial charge in [-0.2, -0.15) is 5.10 Å². The molecule has 0 radical (unpaired) electrons. The van der Waals surface area contributed by atoms with Gasteiger partial charge < -0.3 is 10.8 Å². The average Bonchev–Trinajstić information content (AvgIpc) is 2.58. The van der Waals surface area contributed by atoms with Crippen molar-refractivity contribution in [3.8, 4) is 0 Å². The van der Waals surface area contributed by atoms with Crippen molar-refractivity contribution in [3.05, 3.63) is 18.0 Å². The summed E-state index contributed by atoms with van der Waals surface area (Å²) in [6, 6.07) is 2.08. The standard InChI is InChI=1S/C8H13N3.2ClH.H2O/c1-4-9-5-2-7(1)8-3-6-10-11-8;;;/h3,6-7,9H,1-2,4-5H2,(H,10,11);2*1H;1H2. The molecule has 0 amide bonds. The lowest BCUT2D eigenvalue weighted by atomic mass is 9.95. The fourth-order valence-corrected chi connectivity index (χ4v) is 1.63. The van der Waals surface area contributed by atoms with Crippen LogP contribution in [0.25, 0.3) is 0 Å². The fourth-order valence-electron chi connectivity index (χ4n) is 1.63. The Labute approximate surface area is 96.0 Å². The van der Waals surface area contributed by atoms with E-state index in [0.29, 0.717) is 5.92 Å². The van der Waals surface area contributed by atoms with Crippen LogP contribution in [0, 0.1) is 0 Å². The van der Waals surface area contributed by atoms with Gasteiger partial charge in [0.2, 0.25) is 0 Å². The van der Waals surface area contributed by atoms with Crippen LogP contribution in [0.15, 0.2) is 12.3 Å². The predicted molar refractivity (Wildman–Crippen MR) is 61.5 cm³/mol. The van der Waals surface area contributed by atoms with Crippen LogP contribution in [0.2, 0.25) is 0 Å². The van der Waals surface area contributed by atoms with Crippen LogP contribution >= 0.6 is 24.8 Å². The van der Waals surface area contributed by atoms with E-state index in [4.69, 9.17) is 0 Å². The molecule has 0 aliphatic carbocycles. The number of rotatable bonds is 1. The first-order chi connectivity index (χ1) is 5.47. The second-order valence-electron chi connectivity index (χ2n) is 3.04. The van der Waals surface area contributed by atoms with Crippen molar-refractivity contribution in [1.29, 1.82) is 0 Å². The molecule has 1 fully saturated rings. The zero-order chi connectivity index (χ0) is 7.52. The highest BCUT2D eigenvalue weighted by molar-refractivity contribution is 5.85. The van der Waals surface area contributed by atoms with Gasteiger partial charge in [-0.25, -0.2) is 0 Å². The second kappa shape index (κ2) is 8.05. The zero-order valence-electron chi connectivity index (χ0n) is 7.82. The molecule has 0 aromatic carbocycles. The zero-order valence-corrected chi connectivity index (χ0v) is 9.46. The summed E-state index contributed by atoms with van der Waals surface area (Å²) in [5, 5.41) is 10.3. The molecule has 1 aromatic heterocycles. The van der Waals surface area contributed by atoms with Gasteiger partial charge in [0, 0.05) is 17.8 Å². The summed E-state index contributed by atoms with van der Waals surface area (Å²) in [7, 11) is 0. The van der Waals surface area contributed by atoms with Crippen LogP contribution in [0.1, 0.15) is 24.5 Å². The number of nitrogens with one attached hydrogen (secondary N) is 2. The molecule has 1 aliphatic rings. The van der Waals surface area contributed by atoms with Gasteiger partial charge >= 0.3 is 0 Å². The Morgan fingerprint density at radius 1 is 1.21 bits per heavy atom. The molecule has 4 nitrogen and oxygen atoms in total. The minimum absolute atomic E-state index is 0. The van der Waals surface area contributed by atoms with E-state index in [1.54, 1.807) is 0 Å². The minimum Gasteiger partial charge on any atom is -0.412 e. The lowest BCUT2D eigenvalue weighted by Crippen LogP contribution is -2.26. The minimum atomic E-state index is 0. The number of nitrogens with zero attached hydrogens (tertiary/aromatic N) is 1. The topological polar surface area (TPSA) is 72.2 Å². The van der Waals surface area contributed by atoms with Crippen LogP contribution in [-0.2, 0) is 0 Å². The largest absolute Gasteiger partial charge is 0.412 e. The summed E-state index contributed by atoms with van der Waals surface area (Å²) in [6.45, 7) is 2.29. The molecule has 0 bridgehead atoms. The van der Waals surface area contributed by atoms with Crippen molar-refractivity contribution in [1.82, 2.24) is 15.5 Å². The maximum Gasteiger partial charge on any atom is 0.0490 e. The average molecular weight is 242 g/mol. The van der Waals surface area contributed by atoms with Gasteiger partial charge in [-0.15, -0.1) is 24.8 Å². The van der Waals surface area contributed by atoms with Crippen molar-refractivity contribution in [2.45, 2.75) is 18.8 Å². The van der Waals surface area contributed by atoms with Crippen molar-refractivity contribution in [2.75, 3.05) is 13.1 Å². The van der Waals surface area contributed by atoms with Crippen LogP contribution in [-0.4, -0.2) is 28.8 Å². The second-order valence-corrected chi connectivity index (χ2v) is 3.04. The molecule has 1 aliphatic heterocycles. The molecule has 4 N–H and O–H groups in total. The Bertz CT molecular complexity index is 212. The molecule has 0 atom stereocenters. The molecule has 1 saturated heterocycles. The highest BCUT2D eigenvalue weighted by Crippen LogP contribution is 2.22. The normalized spacial score (nSPS) is 16.0. The maximum absolute atomic E-state index is 3.95. The van der Waals surface area contributed by atoms with Crippen LogP contribution in [0.5, 0.6) is 0 Å². The van der Waals surface area contributed by atoms with E-state index in [1.165, 1.54) is 18.5 Å². The van der Waals surface area contributed by atoms with E-state index in [-0.39, 0.29) is 30.3 Å². The first kappa shape index (κ1) is 16.2. The molecular weight excluding hydrogens is 225 g/mol. The Balaban J connectivity index is 0. The number of hydrogen-bond acceptors (Lipinski definition) is 2. The predicted octanol–water partition coefficient (Wildman–Crippen LogP) is 0.896. The number of aromatic amines is 1. The summed E-state index contributed by atoms with van der Waals surface area (Å²) in [5.41, 5.74) is 1.30. The van der Waals surface area contributed by atoms with Gasteiger partial charge in [0.05, 0.1) is 0 Å². The molecule has 0 spiro atoms. The molecule has 14 heavy (non-hydrogen) atoms. The number of halogens is 2.